The molecule has 0 aliphatic carbocycles. The molecule has 4 aromatic rings. The molecule has 0 bridgehead atoms. The van der Waals surface area contributed by atoms with Gasteiger partial charge in [0.2, 0.25) is 15.9 Å². The summed E-state index contributed by atoms with van der Waals surface area (Å²) in [5.41, 5.74) is 3.85. The summed E-state index contributed by atoms with van der Waals surface area (Å²) < 4.78 is 30.5. The van der Waals surface area contributed by atoms with Gasteiger partial charge in [-0.2, -0.15) is 0 Å². The van der Waals surface area contributed by atoms with Crippen molar-refractivity contribution in [3.63, 3.8) is 0 Å². The number of hydrogen-bond acceptors (Lipinski definition) is 3. The summed E-state index contributed by atoms with van der Waals surface area (Å²) in [7, 11) is -3.43. The first kappa shape index (κ1) is 24.0. The third-order valence-electron chi connectivity index (χ3n) is 6.81. The molecular weight excluding hydrogens is 526 g/mol. The molecule has 1 fully saturated rings. The fourth-order valence-electron chi connectivity index (χ4n) is 5.04. The topological polar surface area (TPSA) is 71.4 Å². The molecule has 0 spiro atoms. The van der Waals surface area contributed by atoms with Crippen molar-refractivity contribution in [2.75, 3.05) is 18.4 Å². The SMILES string of the molecule is CCn1c2ccccc2c2cc(NC(=O)C3CCN(S(=O)(=O)Cc4cccc(Br)c4)CC3)ccc21. The maximum atomic E-state index is 13.0. The average molecular weight is 555 g/mol. The van der Waals surface area contributed by atoms with E-state index in [1.54, 1.807) is 0 Å². The summed E-state index contributed by atoms with van der Waals surface area (Å²) in [6.07, 6.45) is 1.03. The van der Waals surface area contributed by atoms with Gasteiger partial charge in [-0.25, -0.2) is 12.7 Å². The number of carbonyl (C=O) groups excluding carboxylic acids is 1. The maximum Gasteiger partial charge on any atom is 0.227 e. The monoisotopic (exact) mass is 553 g/mol. The number of aryl methyl sites for hydroxylation is 1. The van der Waals surface area contributed by atoms with Gasteiger partial charge >= 0.3 is 0 Å². The lowest BCUT2D eigenvalue weighted by atomic mass is 9.97. The number of piperidine rings is 1. The highest BCUT2D eigenvalue weighted by atomic mass is 79.9. The zero-order chi connectivity index (χ0) is 24.6. The van der Waals surface area contributed by atoms with Crippen LogP contribution in [0.5, 0.6) is 0 Å². The van der Waals surface area contributed by atoms with Crippen LogP contribution in [0.2, 0.25) is 0 Å². The van der Waals surface area contributed by atoms with Crippen LogP contribution in [0.15, 0.2) is 71.2 Å². The highest BCUT2D eigenvalue weighted by Crippen LogP contribution is 2.31. The lowest BCUT2D eigenvalue weighted by Gasteiger charge is -2.30. The molecule has 1 aromatic heterocycles. The zero-order valence-corrected chi connectivity index (χ0v) is 22.0. The smallest absolute Gasteiger partial charge is 0.227 e. The van der Waals surface area contributed by atoms with Crippen LogP contribution in [0.3, 0.4) is 0 Å². The fourth-order valence-corrected chi connectivity index (χ4v) is 7.04. The number of nitrogens with zero attached hydrogens (tertiary/aromatic N) is 2. The lowest BCUT2D eigenvalue weighted by molar-refractivity contribution is -0.120. The van der Waals surface area contributed by atoms with Gasteiger partial charge in [0.15, 0.2) is 0 Å². The van der Waals surface area contributed by atoms with Gasteiger partial charge in [0.05, 0.1) is 5.75 Å². The van der Waals surface area contributed by atoms with E-state index in [2.05, 4.69) is 50.9 Å². The first-order chi connectivity index (χ1) is 16.9. The van der Waals surface area contributed by atoms with Crippen molar-refractivity contribution in [3.8, 4) is 0 Å². The van der Waals surface area contributed by atoms with Crippen LogP contribution in [0.25, 0.3) is 21.8 Å². The van der Waals surface area contributed by atoms with Crippen LogP contribution in [0.4, 0.5) is 5.69 Å². The number of benzene rings is 3. The predicted octanol–water partition coefficient (Wildman–Crippen LogP) is 5.76. The van der Waals surface area contributed by atoms with Gasteiger partial charge in [-0.15, -0.1) is 0 Å². The molecule has 1 aliphatic rings. The number of para-hydroxylation sites is 1. The van der Waals surface area contributed by atoms with E-state index < -0.39 is 10.0 Å². The Morgan fingerprint density at radius 3 is 2.46 bits per heavy atom. The predicted molar refractivity (Wildman–Crippen MR) is 145 cm³/mol. The van der Waals surface area contributed by atoms with Crippen LogP contribution >= 0.6 is 15.9 Å². The second-order valence-electron chi connectivity index (χ2n) is 9.04. The van der Waals surface area contributed by atoms with Gasteiger partial charge in [0, 0.05) is 57.5 Å². The van der Waals surface area contributed by atoms with Gasteiger partial charge < -0.3 is 9.88 Å². The van der Waals surface area contributed by atoms with Gasteiger partial charge in [0.25, 0.3) is 0 Å². The number of carbonyl (C=O) groups is 1. The number of halogens is 1. The molecule has 2 heterocycles. The van der Waals surface area contributed by atoms with Gasteiger partial charge in [-0.3, -0.25) is 4.79 Å². The van der Waals surface area contributed by atoms with Crippen molar-refractivity contribution >= 4 is 59.4 Å². The van der Waals surface area contributed by atoms with Gasteiger partial charge in [-0.05, 0) is 61.7 Å². The maximum absolute atomic E-state index is 13.0. The molecule has 1 N–H and O–H groups in total. The number of aromatic nitrogens is 1. The highest BCUT2D eigenvalue weighted by Gasteiger charge is 2.31. The summed E-state index contributed by atoms with van der Waals surface area (Å²) in [6, 6.07) is 21.7. The van der Waals surface area contributed by atoms with Crippen LogP contribution in [-0.4, -0.2) is 36.3 Å². The molecule has 0 unspecified atom stereocenters. The Balaban J connectivity index is 1.26. The molecule has 1 saturated heterocycles. The van der Waals surface area contributed by atoms with Crippen LogP contribution in [0.1, 0.15) is 25.3 Å². The second-order valence-corrected chi connectivity index (χ2v) is 11.9. The molecule has 3 aromatic carbocycles. The van der Waals surface area contributed by atoms with Crippen LogP contribution < -0.4 is 5.32 Å². The van der Waals surface area contributed by atoms with E-state index in [0.29, 0.717) is 25.9 Å². The summed E-state index contributed by atoms with van der Waals surface area (Å²) in [5, 5.41) is 5.36. The van der Waals surface area contributed by atoms with Crippen molar-refractivity contribution < 1.29 is 13.2 Å². The minimum atomic E-state index is -3.43. The largest absolute Gasteiger partial charge is 0.341 e. The molecule has 0 saturated carbocycles. The van der Waals surface area contributed by atoms with E-state index in [4.69, 9.17) is 0 Å². The van der Waals surface area contributed by atoms with E-state index in [1.807, 2.05) is 48.5 Å². The standard InChI is InChI=1S/C27H28BrN3O3S/c1-2-31-25-9-4-3-8-23(25)24-17-22(10-11-26(24)31)29-27(32)20-12-14-30(15-13-20)35(33,34)18-19-6-5-7-21(28)16-19/h3-11,16-17,20H,2,12-15,18H2,1H3,(H,29,32). The van der Waals surface area contributed by atoms with E-state index in [-0.39, 0.29) is 17.6 Å². The molecule has 182 valence electrons. The van der Waals surface area contributed by atoms with Crippen molar-refractivity contribution in [2.24, 2.45) is 5.92 Å². The number of amides is 1. The third kappa shape index (κ3) is 4.87. The molecule has 8 heteroatoms. The van der Waals surface area contributed by atoms with Crippen molar-refractivity contribution in [1.82, 2.24) is 8.87 Å². The Kier molecular flexibility index (Phi) is 6.70. The Bertz CT molecular complexity index is 1500. The molecular formula is C27H28BrN3O3S. The van der Waals surface area contributed by atoms with E-state index in [1.165, 1.54) is 15.2 Å². The van der Waals surface area contributed by atoms with E-state index >= 15 is 0 Å². The zero-order valence-electron chi connectivity index (χ0n) is 19.6. The van der Waals surface area contributed by atoms with Crippen LogP contribution in [-0.2, 0) is 27.1 Å². The van der Waals surface area contributed by atoms with Gasteiger partial charge in [-0.1, -0.05) is 46.3 Å². The van der Waals surface area contributed by atoms with Crippen molar-refractivity contribution in [3.05, 3.63) is 76.8 Å². The lowest BCUT2D eigenvalue weighted by Crippen LogP contribution is -2.41. The Morgan fingerprint density at radius 1 is 0.971 bits per heavy atom. The number of nitrogens with one attached hydrogen (secondary N) is 1. The van der Waals surface area contributed by atoms with E-state index in [0.717, 1.165) is 33.2 Å². The third-order valence-corrected chi connectivity index (χ3v) is 9.16. The summed E-state index contributed by atoms with van der Waals surface area (Å²) in [5.74, 6) is -0.290. The molecule has 1 amide bonds. The average Bonchev–Trinajstić information content (AvgIpc) is 3.17. The summed E-state index contributed by atoms with van der Waals surface area (Å²) in [4.78, 5) is 13.0. The number of hydrogen-bond donors (Lipinski definition) is 1. The molecule has 1 aliphatic heterocycles. The highest BCUT2D eigenvalue weighted by molar-refractivity contribution is 9.10. The number of rotatable bonds is 6. The molecule has 5 rings (SSSR count). The molecule has 6 nitrogen and oxygen atoms in total. The number of anilines is 1. The van der Waals surface area contributed by atoms with Crippen molar-refractivity contribution in [1.29, 1.82) is 0 Å². The Morgan fingerprint density at radius 2 is 1.71 bits per heavy atom. The van der Waals surface area contributed by atoms with Gasteiger partial charge in [0.1, 0.15) is 0 Å². The first-order valence-corrected chi connectivity index (χ1v) is 14.3. The summed E-state index contributed by atoms with van der Waals surface area (Å²) in [6.45, 7) is 3.72. The Hall–Kier alpha value is -2.68. The first-order valence-electron chi connectivity index (χ1n) is 11.9. The normalized spacial score (nSPS) is 15.6. The Labute approximate surface area is 214 Å². The molecule has 0 radical (unpaired) electrons. The summed E-state index contributed by atoms with van der Waals surface area (Å²) >= 11 is 3.39. The minimum absolute atomic E-state index is 0.0331. The fraction of sp³-hybridized carbons (Fsp3) is 0.296. The second kappa shape index (κ2) is 9.76. The quantitative estimate of drug-likeness (QED) is 0.330. The van der Waals surface area contributed by atoms with Crippen molar-refractivity contribution in [2.45, 2.75) is 32.1 Å². The van der Waals surface area contributed by atoms with Crippen LogP contribution in [0, 0.1) is 5.92 Å². The number of sulfonamides is 1. The molecule has 0 atom stereocenters. The molecule has 35 heavy (non-hydrogen) atoms. The number of fused-ring (bicyclic) bond motifs is 3. The minimum Gasteiger partial charge on any atom is -0.341 e. The van der Waals surface area contributed by atoms with E-state index in [9.17, 15) is 13.2 Å².